The second-order valence-corrected chi connectivity index (χ2v) is 15.1. The largest absolute Gasteiger partial charge is 0.466 e. The van der Waals surface area contributed by atoms with Crippen LogP contribution in [-0.4, -0.2) is 95.9 Å². The van der Waals surface area contributed by atoms with Crippen LogP contribution >= 0.6 is 11.3 Å². The number of unbranched alkanes of at least 4 members (excludes halogenated alkanes) is 1. The van der Waals surface area contributed by atoms with Crippen molar-refractivity contribution in [2.45, 2.75) is 123 Å². The smallest absolute Gasteiger partial charge is 0.308 e. The molecule has 3 amide bonds. The van der Waals surface area contributed by atoms with E-state index in [0.29, 0.717) is 24.3 Å². The van der Waals surface area contributed by atoms with Crippen molar-refractivity contribution >= 4 is 41.0 Å². The second-order valence-electron chi connectivity index (χ2n) is 14.3. The van der Waals surface area contributed by atoms with Crippen LogP contribution in [0.25, 0.3) is 0 Å². The van der Waals surface area contributed by atoms with Crippen LogP contribution in [0.2, 0.25) is 0 Å². The monoisotopic (exact) mass is 741 g/mol. The molecule has 2 heterocycles. The van der Waals surface area contributed by atoms with Crippen LogP contribution in [0.3, 0.4) is 0 Å². The number of rotatable bonds is 20. The fourth-order valence-corrected chi connectivity index (χ4v) is 7.62. The predicted molar refractivity (Wildman–Crippen MR) is 202 cm³/mol. The maximum absolute atomic E-state index is 14.0. The summed E-state index contributed by atoms with van der Waals surface area (Å²) in [6.07, 6.45) is 4.22. The molecular formula is C39H59N5O7S. The van der Waals surface area contributed by atoms with E-state index in [9.17, 15) is 24.0 Å². The molecule has 1 unspecified atom stereocenters. The van der Waals surface area contributed by atoms with Gasteiger partial charge in [0, 0.05) is 37.9 Å². The lowest BCUT2D eigenvalue weighted by Crippen LogP contribution is -2.54. The average Bonchev–Trinajstić information content (AvgIpc) is 3.77. The Morgan fingerprint density at radius 2 is 1.77 bits per heavy atom. The summed E-state index contributed by atoms with van der Waals surface area (Å²) in [6.45, 7) is 12.0. The molecule has 0 bridgehead atoms. The number of ether oxygens (including phenoxy) is 2. The number of carbonyl (C=O) groups excluding carboxylic acids is 5. The number of likely N-dealkylation sites (N-methyl/N-ethyl adjacent to an activating group) is 2. The van der Waals surface area contributed by atoms with E-state index < -0.39 is 29.9 Å². The number of aromatic nitrogens is 1. The lowest BCUT2D eigenvalue weighted by atomic mass is 9.95. The number of amides is 3. The van der Waals surface area contributed by atoms with Gasteiger partial charge < -0.3 is 25.0 Å². The van der Waals surface area contributed by atoms with Gasteiger partial charge in [0.25, 0.3) is 5.91 Å². The van der Waals surface area contributed by atoms with Crippen LogP contribution in [0.5, 0.6) is 0 Å². The zero-order valence-electron chi connectivity index (χ0n) is 32.2. The van der Waals surface area contributed by atoms with E-state index in [-0.39, 0.29) is 60.5 Å². The molecule has 1 aliphatic heterocycles. The highest BCUT2D eigenvalue weighted by atomic mass is 32.1. The zero-order valence-corrected chi connectivity index (χ0v) is 33.0. The zero-order chi connectivity index (χ0) is 38.4. The summed E-state index contributed by atoms with van der Waals surface area (Å²) in [4.78, 5) is 74.0. The standard InChI is InChI=1S/C39H59N5O7S/c1-9-11-18-30(41-36(47)32-19-15-20-43(32)7)38(48)44(8)33(25(3)4)23-34(51-27(6)45)37-42-31(24-52-37)35(46)40-29(21-26(5)39(49)50-10-2)22-28-16-13-12-14-17-28/h12-14,16-17,24-26,29-30,32-34H,9-11,15,18-23H2,1-8H3,(H,40,46)(H,41,47)/t26-,29+,30-,32+,33?,34+/m0/s1. The quantitative estimate of drug-likeness (QED) is 0.172. The van der Waals surface area contributed by atoms with E-state index in [1.165, 1.54) is 18.3 Å². The Balaban J connectivity index is 1.80. The first-order chi connectivity index (χ1) is 24.7. The fourth-order valence-electron chi connectivity index (χ4n) is 6.78. The van der Waals surface area contributed by atoms with Gasteiger partial charge in [-0.15, -0.1) is 11.3 Å². The number of carbonyl (C=O) groups is 5. The molecule has 12 nitrogen and oxygen atoms in total. The average molecular weight is 742 g/mol. The molecule has 3 rings (SSSR count). The van der Waals surface area contributed by atoms with Gasteiger partial charge in [-0.1, -0.05) is 70.9 Å². The van der Waals surface area contributed by atoms with Crippen molar-refractivity contribution in [1.82, 2.24) is 25.4 Å². The third-order valence-corrected chi connectivity index (χ3v) is 10.6. The van der Waals surface area contributed by atoms with Gasteiger partial charge in [-0.05, 0) is 64.1 Å². The lowest BCUT2D eigenvalue weighted by molar-refractivity contribution is -0.149. The molecule has 52 heavy (non-hydrogen) atoms. The molecule has 1 saturated heterocycles. The Bertz CT molecular complexity index is 1470. The Hall–Kier alpha value is -3.84. The summed E-state index contributed by atoms with van der Waals surface area (Å²) >= 11 is 1.21. The lowest BCUT2D eigenvalue weighted by Gasteiger charge is -2.36. The normalized spacial score (nSPS) is 17.4. The van der Waals surface area contributed by atoms with Gasteiger partial charge >= 0.3 is 11.9 Å². The summed E-state index contributed by atoms with van der Waals surface area (Å²) in [7, 11) is 3.66. The molecule has 0 aliphatic carbocycles. The van der Waals surface area contributed by atoms with E-state index in [2.05, 4.69) is 22.5 Å². The number of esters is 2. The molecule has 1 aromatic heterocycles. The predicted octanol–water partition coefficient (Wildman–Crippen LogP) is 5.32. The molecule has 6 atom stereocenters. The van der Waals surface area contributed by atoms with Gasteiger partial charge in [0.15, 0.2) is 6.10 Å². The molecule has 2 aromatic rings. The van der Waals surface area contributed by atoms with Crippen molar-refractivity contribution in [2.75, 3.05) is 27.2 Å². The first kappa shape index (κ1) is 42.6. The van der Waals surface area contributed by atoms with Crippen molar-refractivity contribution < 1.29 is 33.4 Å². The number of hydrogen-bond acceptors (Lipinski definition) is 10. The van der Waals surface area contributed by atoms with Gasteiger partial charge in [0.05, 0.1) is 18.6 Å². The topological polar surface area (TPSA) is 147 Å². The highest BCUT2D eigenvalue weighted by Crippen LogP contribution is 2.31. The van der Waals surface area contributed by atoms with Crippen LogP contribution in [0.4, 0.5) is 0 Å². The fraction of sp³-hybridized carbons (Fsp3) is 0.641. The summed E-state index contributed by atoms with van der Waals surface area (Å²) in [5.74, 6) is -2.01. The minimum atomic E-state index is -0.813. The first-order valence-corrected chi connectivity index (χ1v) is 19.5. The van der Waals surface area contributed by atoms with Crippen molar-refractivity contribution in [2.24, 2.45) is 11.8 Å². The number of nitrogens with zero attached hydrogens (tertiary/aromatic N) is 3. The molecule has 1 aliphatic rings. The molecule has 1 fully saturated rings. The Labute approximate surface area is 313 Å². The molecule has 2 N–H and O–H groups in total. The Morgan fingerprint density at radius 3 is 2.37 bits per heavy atom. The van der Waals surface area contributed by atoms with E-state index in [1.807, 2.05) is 56.1 Å². The molecule has 288 valence electrons. The minimum Gasteiger partial charge on any atom is -0.466 e. The van der Waals surface area contributed by atoms with E-state index in [1.54, 1.807) is 31.2 Å². The van der Waals surface area contributed by atoms with Crippen molar-refractivity contribution in [1.29, 1.82) is 0 Å². The summed E-state index contributed by atoms with van der Waals surface area (Å²) in [6, 6.07) is 8.06. The van der Waals surface area contributed by atoms with Crippen molar-refractivity contribution in [3.8, 4) is 0 Å². The molecule has 0 spiro atoms. The first-order valence-electron chi connectivity index (χ1n) is 18.7. The summed E-state index contributed by atoms with van der Waals surface area (Å²) in [5, 5.41) is 8.18. The van der Waals surface area contributed by atoms with Gasteiger partial charge in [-0.2, -0.15) is 0 Å². The van der Waals surface area contributed by atoms with Crippen LogP contribution in [0.15, 0.2) is 35.7 Å². The van der Waals surface area contributed by atoms with Crippen LogP contribution in [0.1, 0.15) is 114 Å². The van der Waals surface area contributed by atoms with E-state index in [4.69, 9.17) is 9.47 Å². The van der Waals surface area contributed by atoms with E-state index >= 15 is 0 Å². The van der Waals surface area contributed by atoms with E-state index in [0.717, 1.165) is 37.8 Å². The highest BCUT2D eigenvalue weighted by molar-refractivity contribution is 7.09. The third kappa shape index (κ3) is 12.7. The third-order valence-electron chi connectivity index (χ3n) is 9.68. The number of benzene rings is 1. The highest BCUT2D eigenvalue weighted by Gasteiger charge is 2.36. The maximum atomic E-state index is 14.0. The van der Waals surface area contributed by atoms with Crippen LogP contribution < -0.4 is 10.6 Å². The summed E-state index contributed by atoms with van der Waals surface area (Å²) < 4.78 is 11.0. The van der Waals surface area contributed by atoms with Gasteiger partial charge in [-0.3, -0.25) is 28.9 Å². The number of thiazole rings is 1. The number of hydrogen-bond donors (Lipinski definition) is 2. The summed E-state index contributed by atoms with van der Waals surface area (Å²) in [5.41, 5.74) is 1.18. The minimum absolute atomic E-state index is 0.0293. The molecular weight excluding hydrogens is 683 g/mol. The van der Waals surface area contributed by atoms with Gasteiger partial charge in [0.1, 0.15) is 16.7 Å². The molecule has 1 aromatic carbocycles. The number of nitrogens with one attached hydrogen (secondary N) is 2. The Kier molecular flexibility index (Phi) is 17.2. The van der Waals surface area contributed by atoms with Crippen molar-refractivity contribution in [3.05, 3.63) is 52.0 Å². The maximum Gasteiger partial charge on any atom is 0.308 e. The second kappa shape index (κ2) is 21.0. The molecule has 0 radical (unpaired) electrons. The van der Waals surface area contributed by atoms with Crippen LogP contribution in [-0.2, 0) is 35.1 Å². The number of likely N-dealkylation sites (tertiary alicyclic amines) is 1. The van der Waals surface area contributed by atoms with Gasteiger partial charge in [-0.25, -0.2) is 4.98 Å². The van der Waals surface area contributed by atoms with Crippen molar-refractivity contribution in [3.63, 3.8) is 0 Å². The van der Waals surface area contributed by atoms with Crippen LogP contribution in [0, 0.1) is 11.8 Å². The molecule has 13 heteroatoms. The SMILES string of the molecule is CCCC[C@H](NC(=O)[C@H]1CCCN1C)C(=O)N(C)C(C[C@@H](OC(C)=O)c1nc(C(=O)N[C@@H](Cc2ccccc2)C[C@H](C)C(=O)OCC)cs1)C(C)C. The molecule has 0 saturated carbocycles. The Morgan fingerprint density at radius 1 is 1.06 bits per heavy atom. The van der Waals surface area contributed by atoms with Gasteiger partial charge in [0.2, 0.25) is 11.8 Å².